The summed E-state index contributed by atoms with van der Waals surface area (Å²) in [6.45, 7) is 9.84. The number of hydrogen-bond donors (Lipinski definition) is 1. The molecule has 1 fully saturated rings. The molecular weight excluding hydrogens is 216 g/mol. The van der Waals surface area contributed by atoms with E-state index < -0.39 is 0 Å². The van der Waals surface area contributed by atoms with Crippen molar-refractivity contribution in [2.45, 2.75) is 33.0 Å². The van der Waals surface area contributed by atoms with Crippen LogP contribution in [-0.4, -0.2) is 57.6 Å². The molecule has 0 spiro atoms. The first kappa shape index (κ1) is 14.9. The Balaban J connectivity index is 2.32. The molecule has 0 aromatic heterocycles. The lowest BCUT2D eigenvalue weighted by atomic mass is 9.98. The summed E-state index contributed by atoms with van der Waals surface area (Å²) in [5, 5.41) is 3.27. The van der Waals surface area contributed by atoms with Gasteiger partial charge < -0.3 is 14.8 Å². The Morgan fingerprint density at radius 1 is 1.29 bits per heavy atom. The van der Waals surface area contributed by atoms with Crippen LogP contribution in [0.3, 0.4) is 0 Å². The molecule has 1 heterocycles. The molecule has 1 saturated heterocycles. The normalized spacial score (nSPS) is 22.2. The lowest BCUT2D eigenvalue weighted by Crippen LogP contribution is -2.43. The minimum Gasteiger partial charge on any atom is -0.352 e. The highest BCUT2D eigenvalue weighted by Gasteiger charge is 2.22. The summed E-state index contributed by atoms with van der Waals surface area (Å²) in [6.07, 6.45) is 2.57. The van der Waals surface area contributed by atoms with Gasteiger partial charge in [0.1, 0.15) is 0 Å². The third kappa shape index (κ3) is 5.82. The number of rotatable bonds is 8. The van der Waals surface area contributed by atoms with Gasteiger partial charge in [-0.2, -0.15) is 0 Å². The van der Waals surface area contributed by atoms with Crippen molar-refractivity contribution in [1.82, 2.24) is 10.2 Å². The van der Waals surface area contributed by atoms with Crippen LogP contribution < -0.4 is 5.32 Å². The zero-order chi connectivity index (χ0) is 12.5. The summed E-state index contributed by atoms with van der Waals surface area (Å²) in [5.41, 5.74) is 0. The van der Waals surface area contributed by atoms with E-state index in [1.54, 1.807) is 0 Å². The number of nitrogens with one attached hydrogen (secondary N) is 1. The van der Waals surface area contributed by atoms with Gasteiger partial charge in [-0.15, -0.1) is 0 Å². The monoisotopic (exact) mass is 244 g/mol. The summed E-state index contributed by atoms with van der Waals surface area (Å²) in [6, 6.07) is 0. The van der Waals surface area contributed by atoms with Crippen molar-refractivity contribution in [1.29, 1.82) is 0 Å². The molecule has 1 atom stereocenters. The molecule has 0 aliphatic carbocycles. The zero-order valence-corrected chi connectivity index (χ0v) is 11.6. The highest BCUT2D eigenvalue weighted by atomic mass is 16.7. The Morgan fingerprint density at radius 2 is 2.00 bits per heavy atom. The van der Waals surface area contributed by atoms with Crippen molar-refractivity contribution in [2.24, 2.45) is 5.92 Å². The largest absolute Gasteiger partial charge is 0.352 e. The van der Waals surface area contributed by atoms with E-state index in [0.717, 1.165) is 38.8 Å². The molecule has 0 bridgehead atoms. The van der Waals surface area contributed by atoms with Crippen LogP contribution in [0.15, 0.2) is 0 Å². The Morgan fingerprint density at radius 3 is 2.59 bits per heavy atom. The standard InChI is InChI=1S/C13H28N2O2/c1-4-16-13(17-5-2)11-15-8-6-7-12(10-15)9-14-3/h12-14H,4-11H2,1-3H3. The maximum Gasteiger partial charge on any atom is 0.170 e. The second kappa shape index (κ2) is 8.86. The Labute approximate surface area is 106 Å². The van der Waals surface area contributed by atoms with Gasteiger partial charge in [0.15, 0.2) is 6.29 Å². The summed E-state index contributed by atoms with van der Waals surface area (Å²) in [5.74, 6) is 0.776. The molecule has 0 aromatic carbocycles. The summed E-state index contributed by atoms with van der Waals surface area (Å²) < 4.78 is 11.2. The van der Waals surface area contributed by atoms with Crippen LogP contribution >= 0.6 is 0 Å². The SMILES string of the molecule is CCOC(CN1CCCC(CNC)C1)OCC. The van der Waals surface area contributed by atoms with Crippen LogP contribution in [0.25, 0.3) is 0 Å². The molecule has 0 aromatic rings. The van der Waals surface area contributed by atoms with Gasteiger partial charge in [0.25, 0.3) is 0 Å². The average Bonchev–Trinajstić information content (AvgIpc) is 2.30. The number of hydrogen-bond acceptors (Lipinski definition) is 4. The van der Waals surface area contributed by atoms with Gasteiger partial charge in [-0.25, -0.2) is 0 Å². The lowest BCUT2D eigenvalue weighted by molar-refractivity contribution is -0.149. The Kier molecular flexibility index (Phi) is 7.77. The Hall–Kier alpha value is -0.160. The van der Waals surface area contributed by atoms with Gasteiger partial charge in [0.05, 0.1) is 0 Å². The highest BCUT2D eigenvalue weighted by molar-refractivity contribution is 4.74. The van der Waals surface area contributed by atoms with Crippen molar-refractivity contribution in [2.75, 3.05) is 46.4 Å². The van der Waals surface area contributed by atoms with Crippen LogP contribution in [0.5, 0.6) is 0 Å². The van der Waals surface area contributed by atoms with Gasteiger partial charge in [0, 0.05) is 26.3 Å². The van der Waals surface area contributed by atoms with Crippen molar-refractivity contribution in [3.63, 3.8) is 0 Å². The van der Waals surface area contributed by atoms with E-state index in [9.17, 15) is 0 Å². The lowest BCUT2D eigenvalue weighted by Gasteiger charge is -2.34. The molecule has 0 radical (unpaired) electrons. The fourth-order valence-electron chi connectivity index (χ4n) is 2.51. The molecule has 0 amide bonds. The summed E-state index contributed by atoms with van der Waals surface area (Å²) >= 11 is 0. The topological polar surface area (TPSA) is 33.7 Å². The van der Waals surface area contributed by atoms with E-state index >= 15 is 0 Å². The van der Waals surface area contributed by atoms with Crippen molar-refractivity contribution in [3.05, 3.63) is 0 Å². The number of piperidine rings is 1. The maximum atomic E-state index is 5.60. The van der Waals surface area contributed by atoms with Crippen molar-refractivity contribution >= 4 is 0 Å². The molecule has 17 heavy (non-hydrogen) atoms. The van der Waals surface area contributed by atoms with E-state index in [2.05, 4.69) is 10.2 Å². The first-order valence-electron chi connectivity index (χ1n) is 6.90. The number of nitrogens with zero attached hydrogens (tertiary/aromatic N) is 1. The van der Waals surface area contributed by atoms with Crippen LogP contribution in [0.4, 0.5) is 0 Å². The molecule has 4 heteroatoms. The minimum atomic E-state index is -0.0571. The molecule has 1 unspecified atom stereocenters. The molecule has 1 aliphatic heterocycles. The van der Waals surface area contributed by atoms with Crippen LogP contribution in [0.1, 0.15) is 26.7 Å². The molecule has 1 N–H and O–H groups in total. The maximum absolute atomic E-state index is 5.60. The number of ether oxygens (including phenoxy) is 2. The van der Waals surface area contributed by atoms with E-state index in [4.69, 9.17) is 9.47 Å². The van der Waals surface area contributed by atoms with Crippen LogP contribution in [-0.2, 0) is 9.47 Å². The molecule has 1 aliphatic rings. The molecule has 102 valence electrons. The fourth-order valence-corrected chi connectivity index (χ4v) is 2.51. The predicted molar refractivity (Wildman–Crippen MR) is 70.1 cm³/mol. The van der Waals surface area contributed by atoms with Gasteiger partial charge in [-0.1, -0.05) is 0 Å². The minimum absolute atomic E-state index is 0.0571. The molecule has 4 nitrogen and oxygen atoms in total. The molecule has 0 saturated carbocycles. The average molecular weight is 244 g/mol. The second-order valence-electron chi connectivity index (χ2n) is 4.67. The first-order chi connectivity index (χ1) is 8.30. The van der Waals surface area contributed by atoms with E-state index in [0.29, 0.717) is 0 Å². The van der Waals surface area contributed by atoms with Crippen molar-refractivity contribution in [3.8, 4) is 0 Å². The van der Waals surface area contributed by atoms with E-state index in [-0.39, 0.29) is 6.29 Å². The Bertz CT molecular complexity index is 182. The van der Waals surface area contributed by atoms with Gasteiger partial charge in [-0.3, -0.25) is 4.90 Å². The van der Waals surface area contributed by atoms with Crippen molar-refractivity contribution < 1.29 is 9.47 Å². The van der Waals surface area contributed by atoms with Crippen LogP contribution in [0.2, 0.25) is 0 Å². The molecule has 1 rings (SSSR count). The van der Waals surface area contributed by atoms with Gasteiger partial charge in [-0.05, 0) is 52.7 Å². The number of likely N-dealkylation sites (tertiary alicyclic amines) is 1. The quantitative estimate of drug-likeness (QED) is 0.653. The summed E-state index contributed by atoms with van der Waals surface area (Å²) in [4.78, 5) is 2.47. The first-order valence-corrected chi connectivity index (χ1v) is 6.90. The molecular formula is C13H28N2O2. The third-order valence-electron chi connectivity index (χ3n) is 3.21. The third-order valence-corrected chi connectivity index (χ3v) is 3.21. The van der Waals surface area contributed by atoms with E-state index in [1.807, 2.05) is 20.9 Å². The van der Waals surface area contributed by atoms with E-state index in [1.165, 1.54) is 19.4 Å². The second-order valence-corrected chi connectivity index (χ2v) is 4.67. The highest BCUT2D eigenvalue weighted by Crippen LogP contribution is 2.16. The smallest absolute Gasteiger partial charge is 0.170 e. The summed E-state index contributed by atoms with van der Waals surface area (Å²) in [7, 11) is 2.03. The van der Waals surface area contributed by atoms with Gasteiger partial charge >= 0.3 is 0 Å². The fraction of sp³-hybridized carbons (Fsp3) is 1.00. The van der Waals surface area contributed by atoms with Gasteiger partial charge in [0.2, 0.25) is 0 Å². The van der Waals surface area contributed by atoms with Crippen LogP contribution in [0, 0.1) is 5.92 Å². The zero-order valence-electron chi connectivity index (χ0n) is 11.6. The predicted octanol–water partition coefficient (Wildman–Crippen LogP) is 1.32.